The van der Waals surface area contributed by atoms with Gasteiger partial charge in [0.2, 0.25) is 5.89 Å². The molecule has 2 heterocycles. The van der Waals surface area contributed by atoms with Gasteiger partial charge in [0.1, 0.15) is 11.4 Å². The van der Waals surface area contributed by atoms with Gasteiger partial charge in [0.05, 0.1) is 11.5 Å². The van der Waals surface area contributed by atoms with E-state index in [1.807, 2.05) is 18.2 Å². The van der Waals surface area contributed by atoms with Crippen molar-refractivity contribution in [3.05, 3.63) is 245 Å². The van der Waals surface area contributed by atoms with Crippen LogP contribution in [0.3, 0.4) is 0 Å². The summed E-state index contributed by atoms with van der Waals surface area (Å²) in [4.78, 5) is 10.6. The van der Waals surface area contributed by atoms with Crippen LogP contribution in [0.1, 0.15) is 71.9 Å². The first-order valence-corrected chi connectivity index (χ1v) is 23.0. The van der Waals surface area contributed by atoms with E-state index in [2.05, 4.69) is 187 Å². The number of fused-ring (bicyclic) bond motifs is 4. The first kappa shape index (κ1) is 38.4. The number of rotatable bonds is 8. The van der Waals surface area contributed by atoms with Crippen LogP contribution in [0.4, 0.5) is 0 Å². The number of nitrogens with one attached hydrogen (secondary N) is 1. The Labute approximate surface area is 375 Å². The summed E-state index contributed by atoms with van der Waals surface area (Å²) in [5, 5.41) is 3.91. The number of amidine groups is 1. The van der Waals surface area contributed by atoms with Crippen LogP contribution in [0.15, 0.2) is 221 Å². The molecule has 6 aromatic carbocycles. The molecule has 1 aromatic heterocycles. The van der Waals surface area contributed by atoms with Crippen LogP contribution in [0.5, 0.6) is 0 Å². The fourth-order valence-electron chi connectivity index (χ4n) is 10.9. The molecule has 12 rings (SSSR count). The third kappa shape index (κ3) is 6.68. The number of nitrogens with zero attached hydrogens (tertiary/aromatic N) is 2. The molecule has 0 spiro atoms. The Kier molecular flexibility index (Phi) is 9.66. The Hall–Kier alpha value is -7.30. The third-order valence-corrected chi connectivity index (χ3v) is 14.1. The van der Waals surface area contributed by atoms with Crippen LogP contribution in [0.2, 0.25) is 0 Å². The lowest BCUT2D eigenvalue weighted by molar-refractivity contribution is 0.428. The molecule has 0 saturated heterocycles. The minimum atomic E-state index is -0.574. The largest absolute Gasteiger partial charge is 0.436 e. The number of aliphatic imine (C=N–C) groups is 1. The zero-order valence-corrected chi connectivity index (χ0v) is 35.8. The maximum absolute atomic E-state index is 6.36. The highest BCUT2D eigenvalue weighted by Gasteiger charge is 2.46. The van der Waals surface area contributed by atoms with Crippen LogP contribution in [0, 0.1) is 11.8 Å². The van der Waals surface area contributed by atoms with Gasteiger partial charge in [-0.3, -0.25) is 4.99 Å². The Balaban J connectivity index is 0.930. The molecule has 4 atom stereocenters. The van der Waals surface area contributed by atoms with Gasteiger partial charge in [-0.15, -0.1) is 0 Å². The highest BCUT2D eigenvalue weighted by molar-refractivity contribution is 6.04. The zero-order valence-electron chi connectivity index (χ0n) is 35.8. The zero-order chi connectivity index (χ0) is 42.5. The average Bonchev–Trinajstić information content (AvgIpc) is 3.95. The van der Waals surface area contributed by atoms with Crippen molar-refractivity contribution in [2.75, 3.05) is 0 Å². The summed E-state index contributed by atoms with van der Waals surface area (Å²) < 4.78 is 6.36. The predicted molar refractivity (Wildman–Crippen MR) is 263 cm³/mol. The lowest BCUT2D eigenvalue weighted by Crippen LogP contribution is -2.36. The fraction of sp³-hybridized carbons (Fsp3) is 0.167. The van der Waals surface area contributed by atoms with Gasteiger partial charge >= 0.3 is 0 Å². The summed E-state index contributed by atoms with van der Waals surface area (Å²) in [7, 11) is 0. The molecule has 64 heavy (non-hydrogen) atoms. The van der Waals surface area contributed by atoms with Crippen molar-refractivity contribution in [1.82, 2.24) is 10.3 Å². The normalized spacial score (nSPS) is 22.4. The highest BCUT2D eigenvalue weighted by atomic mass is 16.3. The van der Waals surface area contributed by atoms with E-state index in [0.29, 0.717) is 11.8 Å². The molecule has 4 nitrogen and oxygen atoms in total. The van der Waals surface area contributed by atoms with Gasteiger partial charge in [0, 0.05) is 22.8 Å². The van der Waals surface area contributed by atoms with Gasteiger partial charge in [-0.05, 0) is 143 Å². The van der Waals surface area contributed by atoms with Crippen molar-refractivity contribution in [3.63, 3.8) is 0 Å². The average molecular weight is 828 g/mol. The third-order valence-electron chi connectivity index (χ3n) is 14.1. The second-order valence-electron chi connectivity index (χ2n) is 17.8. The summed E-state index contributed by atoms with van der Waals surface area (Å²) in [6.07, 6.45) is 25.3. The highest BCUT2D eigenvalue weighted by Crippen LogP contribution is 2.57. The number of allylic oxidation sites excluding steroid dienone is 8. The van der Waals surface area contributed by atoms with Crippen LogP contribution >= 0.6 is 0 Å². The molecule has 310 valence electrons. The van der Waals surface area contributed by atoms with Crippen LogP contribution in [-0.2, 0) is 5.41 Å². The van der Waals surface area contributed by atoms with E-state index in [-0.39, 0.29) is 12.0 Å². The maximum Gasteiger partial charge on any atom is 0.227 e. The minimum absolute atomic E-state index is 0.139. The summed E-state index contributed by atoms with van der Waals surface area (Å²) in [5.41, 5.74) is 17.1. The van der Waals surface area contributed by atoms with Crippen molar-refractivity contribution in [1.29, 1.82) is 0 Å². The van der Waals surface area contributed by atoms with E-state index in [1.165, 1.54) is 73.3 Å². The van der Waals surface area contributed by atoms with Gasteiger partial charge in [-0.2, -0.15) is 0 Å². The Morgan fingerprint density at radius 3 is 2.20 bits per heavy atom. The van der Waals surface area contributed by atoms with Gasteiger partial charge in [0.15, 0.2) is 5.58 Å². The minimum Gasteiger partial charge on any atom is -0.436 e. The van der Waals surface area contributed by atoms with E-state index in [9.17, 15) is 0 Å². The standard InChI is InChI=1S/C60H49N3O/c1-5-16-40(17-6-1)41-28-30-43(31-29-41)55-39-54(42-18-7-2-8-19-42)61-58(62-55)47-23-15-22-45(36-47)46-32-34-51-50-26-13-14-27-52(50)60(53(51)37-46,48-24-11-4-12-25-48)49-33-35-57-56(38-49)63-59(64-57)44-20-9-3-10-21-44/h1-7,9-14,16-17,20-21,23-30,32-39,42-43,54H,8,15,18-19,22,31H2,(H,61,62). The maximum atomic E-state index is 6.36. The monoisotopic (exact) mass is 827 g/mol. The second-order valence-corrected chi connectivity index (χ2v) is 17.8. The molecule has 0 amide bonds. The molecule has 1 N–H and O–H groups in total. The van der Waals surface area contributed by atoms with Crippen molar-refractivity contribution >= 4 is 28.1 Å². The molecular formula is C60H49N3O. The van der Waals surface area contributed by atoms with Gasteiger partial charge < -0.3 is 9.73 Å². The van der Waals surface area contributed by atoms with Gasteiger partial charge in [0.25, 0.3) is 0 Å². The molecule has 0 fully saturated rings. The first-order valence-electron chi connectivity index (χ1n) is 23.0. The van der Waals surface area contributed by atoms with E-state index < -0.39 is 5.41 Å². The molecule has 1 aliphatic heterocycles. The van der Waals surface area contributed by atoms with Crippen LogP contribution in [0.25, 0.3) is 44.8 Å². The summed E-state index contributed by atoms with van der Waals surface area (Å²) >= 11 is 0. The van der Waals surface area contributed by atoms with Crippen molar-refractivity contribution < 1.29 is 4.42 Å². The summed E-state index contributed by atoms with van der Waals surface area (Å²) in [5.74, 6) is 2.41. The first-order chi connectivity index (χ1) is 31.7. The van der Waals surface area contributed by atoms with Crippen molar-refractivity contribution in [2.24, 2.45) is 16.8 Å². The Morgan fingerprint density at radius 1 is 0.625 bits per heavy atom. The van der Waals surface area contributed by atoms with Gasteiger partial charge in [-0.25, -0.2) is 4.98 Å². The molecule has 4 aliphatic carbocycles. The van der Waals surface area contributed by atoms with E-state index in [1.54, 1.807) is 0 Å². The topological polar surface area (TPSA) is 50.4 Å². The molecule has 4 unspecified atom stereocenters. The summed E-state index contributed by atoms with van der Waals surface area (Å²) in [6, 6.07) is 54.9. The fourth-order valence-corrected chi connectivity index (χ4v) is 10.9. The van der Waals surface area contributed by atoms with E-state index in [4.69, 9.17) is 14.4 Å². The number of hydrogen-bond acceptors (Lipinski definition) is 4. The molecule has 7 aromatic rings. The number of benzene rings is 6. The predicted octanol–water partition coefficient (Wildman–Crippen LogP) is 14.2. The quantitative estimate of drug-likeness (QED) is 0.155. The molecule has 0 radical (unpaired) electrons. The van der Waals surface area contributed by atoms with E-state index >= 15 is 0 Å². The van der Waals surface area contributed by atoms with Crippen molar-refractivity contribution in [3.8, 4) is 22.6 Å². The molecular weight excluding hydrogens is 779 g/mol. The number of hydrogen-bond donors (Lipinski definition) is 1. The smallest absolute Gasteiger partial charge is 0.227 e. The SMILES string of the molecule is C1=CCC(C2C=C(C3C=CC(c4ccccc4)=CC3)NC(C3=CCCC(c4ccc5c(c4)C(c4ccccc4)(c4ccc6oc(-c7ccccc7)nc6c4)c4ccccc4-5)=C3)=N2)CC1. The Morgan fingerprint density at radius 2 is 1.41 bits per heavy atom. The molecule has 5 aliphatic rings. The number of aromatic nitrogens is 1. The lowest BCUT2D eigenvalue weighted by atomic mass is 9.67. The second kappa shape index (κ2) is 16.1. The Bertz CT molecular complexity index is 3140. The summed E-state index contributed by atoms with van der Waals surface area (Å²) in [6.45, 7) is 0. The van der Waals surface area contributed by atoms with Gasteiger partial charge in [-0.1, -0.05) is 158 Å². The molecule has 0 bridgehead atoms. The molecule has 0 saturated carbocycles. The molecule has 4 heteroatoms. The lowest BCUT2D eigenvalue weighted by Gasteiger charge is -2.34. The van der Waals surface area contributed by atoms with Crippen molar-refractivity contribution in [2.45, 2.75) is 50.0 Å². The number of oxazole rings is 1. The van der Waals surface area contributed by atoms with Crippen LogP contribution in [-0.4, -0.2) is 16.9 Å². The van der Waals surface area contributed by atoms with E-state index in [0.717, 1.165) is 54.6 Å². The van der Waals surface area contributed by atoms with Crippen LogP contribution < -0.4 is 5.32 Å².